The van der Waals surface area contributed by atoms with Crippen molar-refractivity contribution in [2.24, 2.45) is 33.7 Å². The minimum Gasteiger partial charge on any atom is -0.481 e. The second-order valence-electron chi connectivity index (χ2n) is 8.46. The summed E-state index contributed by atoms with van der Waals surface area (Å²) < 4.78 is 0. The Balaban J connectivity index is 5.60. The van der Waals surface area contributed by atoms with Crippen molar-refractivity contribution in [1.29, 1.82) is 0 Å². The van der Waals surface area contributed by atoms with E-state index in [2.05, 4.69) is 20.9 Å². The van der Waals surface area contributed by atoms with Crippen LogP contribution in [0.25, 0.3) is 0 Å². The molecule has 0 aliphatic heterocycles. The lowest BCUT2D eigenvalue weighted by Gasteiger charge is -2.24. The number of nitrogens with one attached hydrogen (secondary N) is 3. The van der Waals surface area contributed by atoms with Gasteiger partial charge in [-0.1, -0.05) is 0 Å². The fraction of sp³-hybridized carbons (Fsp3) is 0.667. The van der Waals surface area contributed by atoms with Crippen molar-refractivity contribution in [2.45, 2.75) is 75.5 Å². The maximum absolute atomic E-state index is 13.0. The van der Waals surface area contributed by atoms with E-state index in [-0.39, 0.29) is 44.6 Å². The van der Waals surface area contributed by atoms with Crippen LogP contribution < -0.4 is 44.6 Å². The van der Waals surface area contributed by atoms with Crippen molar-refractivity contribution in [3.8, 4) is 0 Å². The highest BCUT2D eigenvalue weighted by atomic mass is 16.4. The van der Waals surface area contributed by atoms with E-state index in [4.69, 9.17) is 33.8 Å². The average Bonchev–Trinajstić information content (AvgIpc) is 2.82. The average molecular weight is 546 g/mol. The molecule has 4 unspecified atom stereocenters. The van der Waals surface area contributed by atoms with Gasteiger partial charge in [0.1, 0.15) is 18.1 Å². The van der Waals surface area contributed by atoms with Gasteiger partial charge >= 0.3 is 11.9 Å². The number of hydrogen-bond donors (Lipinski definition) is 10. The SMILES string of the molecule is NCCCCC(NC(=O)C(CC(N)=O)NC(=O)C(CCCN=C(N)N)NC(=O)C(N)CCC(=O)O)C(=O)O. The molecule has 0 rings (SSSR count). The number of carbonyl (C=O) groups is 6. The molecular formula is C21H39N9O8. The van der Waals surface area contributed by atoms with Gasteiger partial charge in [-0.05, 0) is 45.1 Å². The van der Waals surface area contributed by atoms with E-state index in [0.29, 0.717) is 19.4 Å². The van der Waals surface area contributed by atoms with E-state index in [0.717, 1.165) is 0 Å². The van der Waals surface area contributed by atoms with E-state index >= 15 is 0 Å². The Hall–Kier alpha value is -3.99. The van der Waals surface area contributed by atoms with Crippen molar-refractivity contribution < 1.29 is 39.0 Å². The molecule has 4 amide bonds. The number of nitrogens with two attached hydrogens (primary N) is 5. The van der Waals surface area contributed by atoms with Crippen LogP contribution in [0.4, 0.5) is 0 Å². The molecule has 0 saturated carbocycles. The topological polar surface area (TPSA) is 321 Å². The first kappa shape index (κ1) is 34.0. The van der Waals surface area contributed by atoms with E-state index in [1.807, 2.05) is 0 Å². The summed E-state index contributed by atoms with van der Waals surface area (Å²) in [5.74, 6) is -6.32. The molecule has 15 N–H and O–H groups in total. The number of hydrogen-bond acceptors (Lipinski definition) is 9. The number of aliphatic carboxylic acids is 2. The van der Waals surface area contributed by atoms with Gasteiger partial charge in [0.05, 0.1) is 12.5 Å². The molecule has 38 heavy (non-hydrogen) atoms. The molecule has 0 fully saturated rings. The number of aliphatic imine (C=N–C) groups is 1. The van der Waals surface area contributed by atoms with Gasteiger partial charge in [-0.2, -0.15) is 0 Å². The third kappa shape index (κ3) is 15.2. The highest BCUT2D eigenvalue weighted by Crippen LogP contribution is 2.06. The summed E-state index contributed by atoms with van der Waals surface area (Å²) in [5, 5.41) is 25.1. The predicted molar refractivity (Wildman–Crippen MR) is 135 cm³/mol. The molecule has 0 aromatic rings. The summed E-state index contributed by atoms with van der Waals surface area (Å²) in [6.45, 7) is 0.429. The van der Waals surface area contributed by atoms with E-state index in [1.54, 1.807) is 0 Å². The lowest BCUT2D eigenvalue weighted by Crippen LogP contribution is -2.57. The largest absolute Gasteiger partial charge is 0.481 e. The summed E-state index contributed by atoms with van der Waals surface area (Å²) >= 11 is 0. The molecule has 0 aliphatic carbocycles. The predicted octanol–water partition coefficient (Wildman–Crippen LogP) is -4.22. The molecule has 0 heterocycles. The molecule has 0 aromatic heterocycles. The van der Waals surface area contributed by atoms with E-state index in [1.165, 1.54) is 0 Å². The normalized spacial score (nSPS) is 13.7. The fourth-order valence-electron chi connectivity index (χ4n) is 3.17. The van der Waals surface area contributed by atoms with Crippen molar-refractivity contribution >= 4 is 41.5 Å². The third-order valence-electron chi connectivity index (χ3n) is 5.18. The van der Waals surface area contributed by atoms with Gasteiger partial charge in [-0.25, -0.2) is 4.79 Å². The van der Waals surface area contributed by atoms with Gasteiger partial charge in [0.2, 0.25) is 23.6 Å². The minimum atomic E-state index is -1.55. The zero-order valence-electron chi connectivity index (χ0n) is 21.1. The maximum atomic E-state index is 13.0. The van der Waals surface area contributed by atoms with Gasteiger partial charge in [-0.15, -0.1) is 0 Å². The zero-order chi connectivity index (χ0) is 29.3. The molecule has 0 aliphatic rings. The second-order valence-corrected chi connectivity index (χ2v) is 8.46. The van der Waals surface area contributed by atoms with Crippen LogP contribution in [-0.4, -0.2) is 89.0 Å². The molecule has 0 saturated heterocycles. The van der Waals surface area contributed by atoms with Gasteiger partial charge in [0, 0.05) is 13.0 Å². The van der Waals surface area contributed by atoms with Gasteiger partial charge in [0.15, 0.2) is 5.96 Å². The lowest BCUT2D eigenvalue weighted by atomic mass is 10.1. The third-order valence-corrected chi connectivity index (χ3v) is 5.18. The summed E-state index contributed by atoms with van der Waals surface area (Å²) in [5.41, 5.74) is 26.9. The molecule has 216 valence electrons. The highest BCUT2D eigenvalue weighted by Gasteiger charge is 2.31. The van der Waals surface area contributed by atoms with Crippen LogP contribution in [0.15, 0.2) is 4.99 Å². The van der Waals surface area contributed by atoms with Crippen molar-refractivity contribution in [3.05, 3.63) is 0 Å². The molecule has 0 spiro atoms. The maximum Gasteiger partial charge on any atom is 0.326 e. The number of guanidine groups is 1. The number of carbonyl (C=O) groups excluding carboxylic acids is 4. The Bertz CT molecular complexity index is 864. The van der Waals surface area contributed by atoms with Crippen molar-refractivity contribution in [1.82, 2.24) is 16.0 Å². The Morgan fingerprint density at radius 3 is 1.82 bits per heavy atom. The highest BCUT2D eigenvalue weighted by molar-refractivity contribution is 5.96. The summed E-state index contributed by atoms with van der Waals surface area (Å²) in [7, 11) is 0. The van der Waals surface area contributed by atoms with Crippen LogP contribution in [-0.2, 0) is 28.8 Å². The van der Waals surface area contributed by atoms with Crippen LogP contribution in [0.3, 0.4) is 0 Å². The first-order valence-corrected chi connectivity index (χ1v) is 11.9. The molecule has 4 atom stereocenters. The Morgan fingerprint density at radius 1 is 0.737 bits per heavy atom. The van der Waals surface area contributed by atoms with Crippen LogP contribution >= 0.6 is 0 Å². The number of amides is 4. The molecule has 0 aromatic carbocycles. The van der Waals surface area contributed by atoms with Crippen LogP contribution in [0.2, 0.25) is 0 Å². The fourth-order valence-corrected chi connectivity index (χ4v) is 3.17. The number of nitrogens with zero attached hydrogens (tertiary/aromatic N) is 1. The summed E-state index contributed by atoms with van der Waals surface area (Å²) in [6.07, 6.45) is -0.0582. The summed E-state index contributed by atoms with van der Waals surface area (Å²) in [6, 6.07) is -5.37. The van der Waals surface area contributed by atoms with Gasteiger partial charge in [-0.3, -0.25) is 29.0 Å². The van der Waals surface area contributed by atoms with E-state index in [9.17, 15) is 33.9 Å². The number of carboxylic acid groups (broad SMARTS) is 2. The lowest BCUT2D eigenvalue weighted by molar-refractivity contribution is -0.142. The Morgan fingerprint density at radius 2 is 1.29 bits per heavy atom. The van der Waals surface area contributed by atoms with Crippen LogP contribution in [0.5, 0.6) is 0 Å². The standard InChI is InChI=1S/C21H39N9O8/c22-8-2-1-4-13(20(37)38)29-19(36)14(10-15(24)31)30-18(35)12(5-3-9-27-21(25)26)28-17(34)11(23)6-7-16(32)33/h11-14H,1-10,22-23H2,(H2,24,31)(H,28,34)(H,29,36)(H,30,35)(H,32,33)(H,37,38)(H4,25,26,27). The van der Waals surface area contributed by atoms with Crippen molar-refractivity contribution in [3.63, 3.8) is 0 Å². The van der Waals surface area contributed by atoms with Crippen LogP contribution in [0.1, 0.15) is 51.4 Å². The molecule has 17 nitrogen and oxygen atoms in total. The molecule has 0 radical (unpaired) electrons. The number of unbranched alkanes of at least 4 members (excludes halogenated alkanes) is 1. The monoisotopic (exact) mass is 545 g/mol. The molecule has 17 heteroatoms. The van der Waals surface area contributed by atoms with Crippen LogP contribution in [0, 0.1) is 0 Å². The van der Waals surface area contributed by atoms with Crippen molar-refractivity contribution in [2.75, 3.05) is 13.1 Å². The first-order valence-electron chi connectivity index (χ1n) is 11.9. The summed E-state index contributed by atoms with van der Waals surface area (Å²) in [4.78, 5) is 75.8. The first-order chi connectivity index (χ1) is 17.8. The Labute approximate surface area is 219 Å². The Kier molecular flexibility index (Phi) is 16.4. The molecular weight excluding hydrogens is 506 g/mol. The molecule has 0 bridgehead atoms. The number of carboxylic acids is 2. The second kappa shape index (κ2) is 18.3. The van der Waals surface area contributed by atoms with Gasteiger partial charge < -0.3 is 54.8 Å². The number of primary amides is 1. The number of rotatable bonds is 20. The zero-order valence-corrected chi connectivity index (χ0v) is 21.1. The quantitative estimate of drug-likeness (QED) is 0.0395. The minimum absolute atomic E-state index is 0.0260. The van der Waals surface area contributed by atoms with E-state index < -0.39 is 66.2 Å². The van der Waals surface area contributed by atoms with Gasteiger partial charge in [0.25, 0.3) is 0 Å². The smallest absolute Gasteiger partial charge is 0.326 e.